The first kappa shape index (κ1) is 14.3. The van der Waals surface area contributed by atoms with Crippen molar-refractivity contribution in [2.75, 3.05) is 25.0 Å². The molecular weight excluding hydrogens is 236 g/mol. The molecule has 0 bridgehead atoms. The van der Waals surface area contributed by atoms with Crippen LogP contribution in [0.15, 0.2) is 12.4 Å². The van der Waals surface area contributed by atoms with Crippen LogP contribution in [-0.4, -0.2) is 34.5 Å². The maximum atomic E-state index is 4.50. The molecule has 0 unspecified atom stereocenters. The van der Waals surface area contributed by atoms with Crippen LogP contribution in [-0.2, 0) is 6.54 Å². The summed E-state index contributed by atoms with van der Waals surface area (Å²) < 4.78 is 0. The van der Waals surface area contributed by atoms with Crippen molar-refractivity contribution in [1.82, 2.24) is 14.9 Å². The van der Waals surface area contributed by atoms with Gasteiger partial charge in [-0.2, -0.15) is 0 Å². The van der Waals surface area contributed by atoms with Crippen LogP contribution in [0.1, 0.15) is 45.2 Å². The molecule has 1 aromatic heterocycles. The number of piperidine rings is 1. The lowest BCUT2D eigenvalue weighted by atomic mass is 9.94. The molecular formula is C15H26N4. The highest BCUT2D eigenvalue weighted by Crippen LogP contribution is 2.20. The van der Waals surface area contributed by atoms with E-state index in [-0.39, 0.29) is 0 Å². The molecule has 2 rings (SSSR count). The number of aromatic nitrogens is 2. The fourth-order valence-corrected chi connectivity index (χ4v) is 2.56. The Kier molecular flexibility index (Phi) is 5.58. The number of likely N-dealkylation sites (tertiary alicyclic amines) is 1. The van der Waals surface area contributed by atoms with Crippen molar-refractivity contribution < 1.29 is 0 Å². The summed E-state index contributed by atoms with van der Waals surface area (Å²) in [5, 5.41) is 3.25. The smallest absolute Gasteiger partial charge is 0.144 e. The van der Waals surface area contributed by atoms with Crippen molar-refractivity contribution in [3.8, 4) is 0 Å². The van der Waals surface area contributed by atoms with Gasteiger partial charge in [0.1, 0.15) is 5.82 Å². The zero-order chi connectivity index (χ0) is 13.5. The van der Waals surface area contributed by atoms with Gasteiger partial charge in [-0.25, -0.2) is 4.98 Å². The summed E-state index contributed by atoms with van der Waals surface area (Å²) in [7, 11) is 0. The molecule has 0 aromatic carbocycles. The molecule has 0 atom stereocenters. The molecule has 4 heteroatoms. The highest BCUT2D eigenvalue weighted by Gasteiger charge is 2.17. The maximum absolute atomic E-state index is 4.50. The highest BCUT2D eigenvalue weighted by molar-refractivity contribution is 5.30. The zero-order valence-corrected chi connectivity index (χ0v) is 12.2. The summed E-state index contributed by atoms with van der Waals surface area (Å²) in [6.07, 6.45) is 8.86. The Balaban J connectivity index is 1.79. The van der Waals surface area contributed by atoms with Crippen LogP contribution in [0.5, 0.6) is 0 Å². The largest absolute Gasteiger partial charge is 0.369 e. The van der Waals surface area contributed by atoms with E-state index in [2.05, 4.69) is 34.0 Å². The fourth-order valence-electron chi connectivity index (χ4n) is 2.56. The molecule has 0 aliphatic carbocycles. The van der Waals surface area contributed by atoms with Gasteiger partial charge in [0.05, 0.1) is 18.1 Å². The summed E-state index contributed by atoms with van der Waals surface area (Å²) in [5.74, 6) is 1.82. The van der Waals surface area contributed by atoms with Gasteiger partial charge in [-0.15, -0.1) is 0 Å². The molecule has 1 aliphatic heterocycles. The average molecular weight is 262 g/mol. The topological polar surface area (TPSA) is 41.1 Å². The van der Waals surface area contributed by atoms with Crippen molar-refractivity contribution in [2.45, 2.75) is 46.1 Å². The van der Waals surface area contributed by atoms with E-state index in [1.807, 2.05) is 12.4 Å². The van der Waals surface area contributed by atoms with E-state index < -0.39 is 0 Å². The molecule has 0 spiro atoms. The Morgan fingerprint density at radius 1 is 1.21 bits per heavy atom. The lowest BCUT2D eigenvalue weighted by Gasteiger charge is -2.31. The minimum atomic E-state index is 0.885. The third-order valence-corrected chi connectivity index (χ3v) is 3.93. The number of hydrogen-bond acceptors (Lipinski definition) is 4. The number of rotatable bonds is 6. The van der Waals surface area contributed by atoms with Gasteiger partial charge in [-0.3, -0.25) is 9.88 Å². The Morgan fingerprint density at radius 3 is 2.58 bits per heavy atom. The van der Waals surface area contributed by atoms with Crippen molar-refractivity contribution >= 4 is 5.82 Å². The van der Waals surface area contributed by atoms with E-state index in [9.17, 15) is 0 Å². The standard InChI is InChI=1S/C15H26N4/c1-3-7-16-15-11-17-14(10-18-15)12-19-8-5-13(4-2)6-9-19/h10-11,13H,3-9,12H2,1-2H3,(H,16,18). The number of anilines is 1. The third kappa shape index (κ3) is 4.46. The fraction of sp³-hybridized carbons (Fsp3) is 0.733. The molecule has 0 amide bonds. The van der Waals surface area contributed by atoms with E-state index in [4.69, 9.17) is 0 Å². The SMILES string of the molecule is CCCNc1cnc(CN2CCC(CC)CC2)cn1. The minimum absolute atomic E-state index is 0.885. The first-order valence-electron chi connectivity index (χ1n) is 7.59. The van der Waals surface area contributed by atoms with E-state index in [1.54, 1.807) is 0 Å². The second-order valence-corrected chi connectivity index (χ2v) is 5.45. The van der Waals surface area contributed by atoms with Gasteiger partial charge in [-0.1, -0.05) is 20.3 Å². The molecule has 1 fully saturated rings. The molecule has 0 saturated carbocycles. The average Bonchev–Trinajstić information content (AvgIpc) is 2.47. The van der Waals surface area contributed by atoms with Crippen LogP contribution in [0.2, 0.25) is 0 Å². The molecule has 106 valence electrons. The van der Waals surface area contributed by atoms with Crippen LogP contribution in [0, 0.1) is 5.92 Å². The van der Waals surface area contributed by atoms with E-state index in [0.717, 1.165) is 36.9 Å². The van der Waals surface area contributed by atoms with Crippen molar-refractivity contribution in [2.24, 2.45) is 5.92 Å². The zero-order valence-electron chi connectivity index (χ0n) is 12.2. The second-order valence-electron chi connectivity index (χ2n) is 5.45. The number of nitrogens with zero attached hydrogens (tertiary/aromatic N) is 3. The Morgan fingerprint density at radius 2 is 2.00 bits per heavy atom. The molecule has 1 N–H and O–H groups in total. The highest BCUT2D eigenvalue weighted by atomic mass is 15.1. The lowest BCUT2D eigenvalue weighted by molar-refractivity contribution is 0.173. The molecule has 0 radical (unpaired) electrons. The molecule has 1 aromatic rings. The predicted octanol–water partition coefficient (Wildman–Crippen LogP) is 2.92. The van der Waals surface area contributed by atoms with Crippen molar-refractivity contribution in [3.63, 3.8) is 0 Å². The quantitative estimate of drug-likeness (QED) is 0.856. The Bertz CT molecular complexity index is 355. The molecule has 2 heterocycles. The van der Waals surface area contributed by atoms with Crippen LogP contribution >= 0.6 is 0 Å². The second kappa shape index (κ2) is 7.43. The molecule has 4 nitrogen and oxygen atoms in total. The minimum Gasteiger partial charge on any atom is -0.369 e. The van der Waals surface area contributed by atoms with E-state index in [0.29, 0.717) is 0 Å². The third-order valence-electron chi connectivity index (χ3n) is 3.93. The Labute approximate surface area is 116 Å². The van der Waals surface area contributed by atoms with Gasteiger partial charge in [0.25, 0.3) is 0 Å². The maximum Gasteiger partial charge on any atom is 0.144 e. The number of hydrogen-bond donors (Lipinski definition) is 1. The lowest BCUT2D eigenvalue weighted by Crippen LogP contribution is -2.33. The van der Waals surface area contributed by atoms with E-state index in [1.165, 1.54) is 32.4 Å². The Hall–Kier alpha value is -1.16. The van der Waals surface area contributed by atoms with Gasteiger partial charge >= 0.3 is 0 Å². The van der Waals surface area contributed by atoms with Crippen LogP contribution in [0.3, 0.4) is 0 Å². The van der Waals surface area contributed by atoms with Crippen LogP contribution in [0.4, 0.5) is 5.82 Å². The van der Waals surface area contributed by atoms with Crippen LogP contribution < -0.4 is 5.32 Å². The summed E-state index contributed by atoms with van der Waals surface area (Å²) in [5.41, 5.74) is 1.08. The van der Waals surface area contributed by atoms with Gasteiger partial charge < -0.3 is 5.32 Å². The summed E-state index contributed by atoms with van der Waals surface area (Å²) in [4.78, 5) is 11.4. The van der Waals surface area contributed by atoms with Gasteiger partial charge in [0.2, 0.25) is 0 Å². The summed E-state index contributed by atoms with van der Waals surface area (Å²) >= 11 is 0. The monoisotopic (exact) mass is 262 g/mol. The van der Waals surface area contributed by atoms with E-state index >= 15 is 0 Å². The summed E-state index contributed by atoms with van der Waals surface area (Å²) in [6.45, 7) is 8.75. The number of nitrogens with one attached hydrogen (secondary N) is 1. The normalized spacial score (nSPS) is 17.6. The van der Waals surface area contributed by atoms with Crippen molar-refractivity contribution in [1.29, 1.82) is 0 Å². The predicted molar refractivity (Wildman–Crippen MR) is 79.1 cm³/mol. The van der Waals surface area contributed by atoms with Gasteiger partial charge in [-0.05, 0) is 38.3 Å². The molecule has 1 aliphatic rings. The van der Waals surface area contributed by atoms with Gasteiger partial charge in [0.15, 0.2) is 0 Å². The summed E-state index contributed by atoms with van der Waals surface area (Å²) in [6, 6.07) is 0. The van der Waals surface area contributed by atoms with Crippen LogP contribution in [0.25, 0.3) is 0 Å². The molecule has 19 heavy (non-hydrogen) atoms. The first-order chi connectivity index (χ1) is 9.31. The van der Waals surface area contributed by atoms with Crippen molar-refractivity contribution in [3.05, 3.63) is 18.1 Å². The van der Waals surface area contributed by atoms with Gasteiger partial charge in [0, 0.05) is 13.1 Å². The first-order valence-corrected chi connectivity index (χ1v) is 7.59. The molecule has 1 saturated heterocycles.